The van der Waals surface area contributed by atoms with Crippen molar-refractivity contribution in [2.45, 2.75) is 47.6 Å². The molecule has 274 valence electrons. The molecule has 4 aromatic rings. The van der Waals surface area contributed by atoms with E-state index in [2.05, 4.69) is 20.9 Å². The average molecular weight is 841 g/mol. The Morgan fingerprint density at radius 3 is 2.29 bits per heavy atom. The summed E-state index contributed by atoms with van der Waals surface area (Å²) in [5.74, 6) is -2.29. The number of fused-ring (bicyclic) bond motifs is 5. The molecular formula is C33H30BrCl3N6O9. The van der Waals surface area contributed by atoms with Gasteiger partial charge in [-0.2, -0.15) is 0 Å². The fourth-order valence-electron chi connectivity index (χ4n) is 7.63. The molecule has 2 aliphatic heterocycles. The van der Waals surface area contributed by atoms with Gasteiger partial charge in [0, 0.05) is 44.5 Å². The van der Waals surface area contributed by atoms with E-state index in [0.717, 1.165) is 9.47 Å². The van der Waals surface area contributed by atoms with Gasteiger partial charge in [-0.25, -0.2) is 28.5 Å². The second kappa shape index (κ2) is 12.7. The van der Waals surface area contributed by atoms with Gasteiger partial charge >= 0.3 is 11.4 Å². The van der Waals surface area contributed by atoms with Gasteiger partial charge in [0.2, 0.25) is 0 Å². The van der Waals surface area contributed by atoms with Gasteiger partial charge < -0.3 is 23.9 Å². The van der Waals surface area contributed by atoms with E-state index >= 15 is 0 Å². The highest BCUT2D eigenvalue weighted by molar-refractivity contribution is 9.09. The number of carbonyl (C=O) groups is 2. The van der Waals surface area contributed by atoms with Gasteiger partial charge in [0.1, 0.15) is 5.69 Å². The van der Waals surface area contributed by atoms with E-state index in [1.807, 2.05) is 0 Å². The molecule has 1 saturated carbocycles. The lowest BCUT2D eigenvalue weighted by molar-refractivity contribution is -0.138. The minimum atomic E-state index is -2.10. The molecule has 15 nitrogen and oxygen atoms in total. The fourth-order valence-corrected chi connectivity index (χ4v) is 9.26. The van der Waals surface area contributed by atoms with Crippen LogP contribution in [0.5, 0.6) is 23.0 Å². The smallest absolute Gasteiger partial charge is 0.347 e. The fraction of sp³-hybridized carbons (Fsp3) is 0.394. The maximum atomic E-state index is 14.2. The Kier molecular flexibility index (Phi) is 8.83. The molecule has 2 amide bonds. The third kappa shape index (κ3) is 4.83. The predicted molar refractivity (Wildman–Crippen MR) is 194 cm³/mol. The van der Waals surface area contributed by atoms with Crippen LogP contribution in [0.15, 0.2) is 50.3 Å². The van der Waals surface area contributed by atoms with Crippen molar-refractivity contribution in [2.24, 2.45) is 7.05 Å². The van der Waals surface area contributed by atoms with Crippen LogP contribution in [0.1, 0.15) is 29.6 Å². The number of imide groups is 1. The van der Waals surface area contributed by atoms with Gasteiger partial charge in [-0.3, -0.25) is 19.3 Å². The molecule has 1 saturated heterocycles. The van der Waals surface area contributed by atoms with Gasteiger partial charge in [0.15, 0.2) is 32.7 Å². The Balaban J connectivity index is 1.33. The molecule has 52 heavy (non-hydrogen) atoms. The van der Waals surface area contributed by atoms with Crippen molar-refractivity contribution in [2.75, 3.05) is 26.8 Å². The molecule has 1 aliphatic carbocycles. The van der Waals surface area contributed by atoms with E-state index in [9.17, 15) is 29.1 Å². The van der Waals surface area contributed by atoms with Crippen LogP contribution in [0.2, 0.25) is 5.02 Å². The summed E-state index contributed by atoms with van der Waals surface area (Å²) in [6.45, 7) is -0.307. The Morgan fingerprint density at radius 2 is 1.63 bits per heavy atom. The number of hydrogen-bond donors (Lipinski definition) is 1. The van der Waals surface area contributed by atoms with Crippen LogP contribution in [0.25, 0.3) is 11.0 Å². The van der Waals surface area contributed by atoms with Gasteiger partial charge in [0.25, 0.3) is 17.4 Å². The highest BCUT2D eigenvalue weighted by Crippen LogP contribution is 2.64. The molecular weight excluding hydrogens is 811 g/mol. The van der Waals surface area contributed by atoms with Crippen LogP contribution in [0.3, 0.4) is 0 Å². The number of phenolic OH excluding ortho intramolecular Hbond substituents is 1. The molecule has 7 rings (SSSR count). The molecule has 3 aliphatic rings. The summed E-state index contributed by atoms with van der Waals surface area (Å²) in [5.41, 5.74) is -0.286. The van der Waals surface area contributed by atoms with E-state index < -0.39 is 50.5 Å². The van der Waals surface area contributed by atoms with Gasteiger partial charge in [-0.15, -0.1) is 23.2 Å². The number of benzene rings is 2. The number of nitrogens with zero attached hydrogens (tertiary/aromatic N) is 6. The number of amides is 2. The minimum Gasteiger partial charge on any atom is -0.503 e. The molecule has 2 aromatic heterocycles. The number of methoxy groups -OCH3 is 3. The highest BCUT2D eigenvalue weighted by atomic mass is 79.9. The minimum absolute atomic E-state index is 0.0261. The number of hydrogen-bond acceptors (Lipinski definition) is 10. The molecule has 4 heterocycles. The predicted octanol–water partition coefficient (Wildman–Crippen LogP) is 3.03. The number of alkyl halides is 3. The van der Waals surface area contributed by atoms with E-state index in [0.29, 0.717) is 28.1 Å². The lowest BCUT2D eigenvalue weighted by atomic mass is 9.64. The molecule has 2 aromatic carbocycles. The zero-order valence-electron chi connectivity index (χ0n) is 28.0. The summed E-state index contributed by atoms with van der Waals surface area (Å²) >= 11 is 24.1. The third-order valence-electron chi connectivity index (χ3n) is 10.2. The van der Waals surface area contributed by atoms with Crippen molar-refractivity contribution in [3.05, 3.63) is 83.5 Å². The number of likely N-dealkylation sites (tertiary alicyclic amines) is 1. The lowest BCUT2D eigenvalue weighted by Gasteiger charge is -2.49. The number of carbonyl (C=O) groups excluding carboxylic acids is 2. The molecule has 2 fully saturated rings. The molecule has 1 N–H and O–H groups in total. The van der Waals surface area contributed by atoms with Gasteiger partial charge in [0.05, 0.1) is 55.4 Å². The first kappa shape index (κ1) is 36.1. The molecule has 19 heteroatoms. The van der Waals surface area contributed by atoms with Crippen molar-refractivity contribution >= 4 is 73.6 Å². The first-order valence-corrected chi connectivity index (χ1v) is 18.0. The third-order valence-corrected chi connectivity index (χ3v) is 12.4. The van der Waals surface area contributed by atoms with Crippen molar-refractivity contribution in [1.29, 1.82) is 0 Å². The number of allylic oxidation sites excluding steroid dienone is 2. The number of rotatable bonds is 8. The van der Waals surface area contributed by atoms with Crippen molar-refractivity contribution in [3.63, 3.8) is 0 Å². The van der Waals surface area contributed by atoms with Crippen LogP contribution in [0, 0.1) is 0 Å². The quantitative estimate of drug-likeness (QED) is 0.121. The molecule has 0 spiro atoms. The van der Waals surface area contributed by atoms with E-state index in [4.69, 9.17) is 49.0 Å². The molecule has 0 bridgehead atoms. The summed E-state index contributed by atoms with van der Waals surface area (Å²) in [7, 11) is 5.85. The van der Waals surface area contributed by atoms with Crippen LogP contribution < -0.4 is 31.1 Å². The number of aryl methyl sites for hydroxylation is 2. The summed E-state index contributed by atoms with van der Waals surface area (Å²) in [5, 5.41) is 10.4. The van der Waals surface area contributed by atoms with Crippen molar-refractivity contribution < 1.29 is 28.9 Å². The van der Waals surface area contributed by atoms with E-state index in [1.54, 1.807) is 25.3 Å². The monoisotopic (exact) mass is 838 g/mol. The lowest BCUT2D eigenvalue weighted by Crippen LogP contribution is -2.59. The SMILES string of the molecule is COc1cc2nc(CCn3c(=O)n4n(c3=O)[C@@H]3C[C@@]5(Cl)C(=O)N(CBr)C(=O)[C@@]5(Cl)[C@@H](c5cc(Cl)c(O)c(OC)c5)C3=CC4)c(=O)n(C)c2cc1OC. The summed E-state index contributed by atoms with van der Waals surface area (Å²) in [6.07, 6.45) is 1.27. The first-order chi connectivity index (χ1) is 24.7. The van der Waals surface area contributed by atoms with Crippen LogP contribution in [-0.4, -0.2) is 81.8 Å². The normalized spacial score (nSPS) is 23.7. The van der Waals surface area contributed by atoms with Gasteiger partial charge in [-0.1, -0.05) is 33.6 Å². The topological polar surface area (TPSA) is 169 Å². The van der Waals surface area contributed by atoms with Crippen LogP contribution in [0.4, 0.5) is 0 Å². The Bertz CT molecular complexity index is 2440. The maximum Gasteiger partial charge on any atom is 0.347 e. The van der Waals surface area contributed by atoms with E-state index in [-0.39, 0.29) is 59.2 Å². The Morgan fingerprint density at radius 1 is 0.962 bits per heavy atom. The summed E-state index contributed by atoms with van der Waals surface area (Å²) < 4.78 is 20.9. The second-order valence-corrected chi connectivity index (χ2v) is 14.7. The number of phenols is 1. The summed E-state index contributed by atoms with van der Waals surface area (Å²) in [4.78, 5) is 70.6. The average Bonchev–Trinajstić information content (AvgIpc) is 3.46. The van der Waals surface area contributed by atoms with Crippen molar-refractivity contribution in [1.82, 2.24) is 28.4 Å². The number of aromatic nitrogens is 5. The number of halogens is 4. The number of aromatic hydroxyl groups is 1. The van der Waals surface area contributed by atoms with Crippen LogP contribution in [-0.2, 0) is 36.1 Å². The second-order valence-electron chi connectivity index (χ2n) is 12.6. The standard InChI is InChI=1S/C33H30BrCl3N6O9/c1-39-20-12-23(51-3)22(50-2)11-19(20)38-18(27(39)45)6-7-40-30(48)42-8-5-16-21(43(42)31(40)49)13-32(36)28(46)41(14-34)29(47)33(32,37)25(16)15-9-17(35)26(44)24(10-15)52-4/h5,9-12,21,25,44H,6-8,13-14H2,1-4H3/t21-,25+,32-,33+/m1/s1. The summed E-state index contributed by atoms with van der Waals surface area (Å²) in [6, 6.07) is 5.06. The zero-order chi connectivity index (χ0) is 37.6. The Hall–Kier alpha value is -4.25. The van der Waals surface area contributed by atoms with E-state index in [1.165, 1.54) is 47.4 Å². The largest absolute Gasteiger partial charge is 0.503 e. The molecule has 0 radical (unpaired) electrons. The van der Waals surface area contributed by atoms with Crippen LogP contribution >= 0.6 is 50.7 Å². The number of ether oxygens (including phenoxy) is 3. The van der Waals surface area contributed by atoms with Crippen molar-refractivity contribution in [3.8, 4) is 23.0 Å². The zero-order valence-corrected chi connectivity index (χ0v) is 31.8. The molecule has 4 atom stereocenters. The molecule has 0 unspecified atom stereocenters. The highest BCUT2D eigenvalue weighted by Gasteiger charge is 2.75. The maximum absolute atomic E-state index is 14.2. The first-order valence-electron chi connectivity index (χ1n) is 15.8. The van der Waals surface area contributed by atoms with Gasteiger partial charge in [-0.05, 0) is 23.3 Å². The Labute approximate surface area is 317 Å².